The van der Waals surface area contributed by atoms with Crippen LogP contribution in [0.25, 0.3) is 11.0 Å². The van der Waals surface area contributed by atoms with Crippen LogP contribution in [0, 0.1) is 11.8 Å². The highest BCUT2D eigenvalue weighted by molar-refractivity contribution is 5.84. The maximum atomic E-state index is 12.1. The van der Waals surface area contributed by atoms with Crippen molar-refractivity contribution in [2.45, 2.75) is 32.5 Å². The third-order valence-corrected chi connectivity index (χ3v) is 3.58. The Labute approximate surface area is 140 Å². The molecule has 0 aliphatic rings. The highest BCUT2D eigenvalue weighted by atomic mass is 19.4. The molecule has 0 aliphatic heterocycles. The van der Waals surface area contributed by atoms with Crippen LogP contribution in [0.5, 0.6) is 0 Å². The van der Waals surface area contributed by atoms with Gasteiger partial charge in [-0.15, -0.1) is 0 Å². The lowest BCUT2D eigenvalue weighted by Crippen LogP contribution is -2.36. The number of nitrogens with two attached hydrogens (primary N) is 1. The summed E-state index contributed by atoms with van der Waals surface area (Å²) in [5.41, 5.74) is 5.72. The molecule has 10 heteroatoms. The van der Waals surface area contributed by atoms with Gasteiger partial charge in [0.25, 0.3) is 5.56 Å². The van der Waals surface area contributed by atoms with Gasteiger partial charge in [-0.3, -0.25) is 14.6 Å². The van der Waals surface area contributed by atoms with Crippen LogP contribution in [0.1, 0.15) is 31.9 Å². The molecule has 0 bridgehead atoms. The van der Waals surface area contributed by atoms with Crippen molar-refractivity contribution < 1.29 is 18.0 Å². The third kappa shape index (κ3) is 3.93. The van der Waals surface area contributed by atoms with Gasteiger partial charge < -0.3 is 15.6 Å². The lowest BCUT2D eigenvalue weighted by molar-refractivity contribution is -0.173. The molecule has 0 radical (unpaired) electrons. The monoisotopic (exact) mass is 355 g/mol. The molecule has 2 rings (SSSR count). The summed E-state index contributed by atoms with van der Waals surface area (Å²) < 4.78 is 38.0. The second-order valence-corrected chi connectivity index (χ2v) is 5.34. The average Bonchev–Trinajstić information content (AvgIpc) is 2.88. The maximum absolute atomic E-state index is 12.1. The van der Waals surface area contributed by atoms with Gasteiger partial charge in [-0.25, -0.2) is 0 Å². The predicted octanol–water partition coefficient (Wildman–Crippen LogP) is 1.31. The first-order valence-corrected chi connectivity index (χ1v) is 7.39. The number of carbonyl (C=O) groups excluding carboxylic acids is 1. The van der Waals surface area contributed by atoms with Gasteiger partial charge in [0.2, 0.25) is 5.95 Å². The molecule has 2 aromatic rings. The molecule has 0 spiro atoms. The molecule has 1 amide bonds. The average molecular weight is 355 g/mol. The number of carbonyl (C=O) groups is 1. The zero-order valence-corrected chi connectivity index (χ0v) is 13.5. The molecule has 4 N–H and O–H groups in total. The van der Waals surface area contributed by atoms with Crippen LogP contribution in [0.3, 0.4) is 0 Å². The first-order chi connectivity index (χ1) is 11.6. The van der Waals surface area contributed by atoms with Crippen molar-refractivity contribution >= 4 is 22.9 Å². The lowest BCUT2D eigenvalue weighted by atomic mass is 10.2. The quantitative estimate of drug-likeness (QED) is 0.722. The Kier molecular flexibility index (Phi) is 5.06. The zero-order valence-electron chi connectivity index (χ0n) is 13.5. The Morgan fingerprint density at radius 1 is 1.52 bits per heavy atom. The van der Waals surface area contributed by atoms with E-state index in [9.17, 15) is 22.8 Å². The van der Waals surface area contributed by atoms with Gasteiger partial charge in [-0.05, 0) is 13.3 Å². The van der Waals surface area contributed by atoms with Crippen LogP contribution < -0.4 is 16.6 Å². The van der Waals surface area contributed by atoms with Crippen molar-refractivity contribution in [1.82, 2.24) is 19.9 Å². The summed E-state index contributed by atoms with van der Waals surface area (Å²) in [4.78, 5) is 29.3. The van der Waals surface area contributed by atoms with Crippen LogP contribution in [0.2, 0.25) is 0 Å². The number of H-pyrrole nitrogens is 1. The van der Waals surface area contributed by atoms with Crippen molar-refractivity contribution in [2.24, 2.45) is 0 Å². The summed E-state index contributed by atoms with van der Waals surface area (Å²) in [5, 5.41) is 1.84. The highest BCUT2D eigenvalue weighted by Crippen LogP contribution is 2.22. The van der Waals surface area contributed by atoms with E-state index in [1.165, 1.54) is 0 Å². The number of rotatable bonds is 3. The number of nitrogens with zero attached hydrogens (tertiary/aromatic N) is 2. The number of halogens is 3. The van der Waals surface area contributed by atoms with Gasteiger partial charge in [0.15, 0.2) is 5.65 Å². The van der Waals surface area contributed by atoms with E-state index in [4.69, 9.17) is 5.73 Å². The molecule has 134 valence electrons. The first kappa shape index (κ1) is 18.4. The van der Waals surface area contributed by atoms with Gasteiger partial charge in [0, 0.05) is 12.2 Å². The van der Waals surface area contributed by atoms with Crippen LogP contribution in [0.15, 0.2) is 11.0 Å². The largest absolute Gasteiger partial charge is 0.471 e. The lowest BCUT2D eigenvalue weighted by Gasteiger charge is -2.11. The molecule has 1 unspecified atom stereocenters. The number of hydrogen-bond acceptors (Lipinski definition) is 4. The molecule has 7 nitrogen and oxygen atoms in total. The Morgan fingerprint density at radius 2 is 2.20 bits per heavy atom. The fourth-order valence-corrected chi connectivity index (χ4v) is 2.16. The van der Waals surface area contributed by atoms with E-state index in [2.05, 4.69) is 21.8 Å². The Balaban J connectivity index is 2.38. The number of aromatic amines is 1. The molecule has 2 aromatic heterocycles. The highest BCUT2D eigenvalue weighted by Gasteiger charge is 2.38. The summed E-state index contributed by atoms with van der Waals surface area (Å²) >= 11 is 0. The van der Waals surface area contributed by atoms with E-state index in [1.807, 2.05) is 13.8 Å². The number of nitrogen functional groups attached to an aromatic ring is 1. The van der Waals surface area contributed by atoms with E-state index >= 15 is 0 Å². The summed E-state index contributed by atoms with van der Waals surface area (Å²) in [6, 6.07) is 0.0108. The molecule has 0 aromatic carbocycles. The van der Waals surface area contributed by atoms with Crippen LogP contribution in [0.4, 0.5) is 19.1 Å². The number of anilines is 1. The van der Waals surface area contributed by atoms with E-state index < -0.39 is 24.2 Å². The van der Waals surface area contributed by atoms with Gasteiger partial charge in [0.1, 0.15) is 0 Å². The van der Waals surface area contributed by atoms with Crippen LogP contribution in [-0.2, 0) is 4.79 Å². The Bertz CT molecular complexity index is 917. The van der Waals surface area contributed by atoms with Crippen molar-refractivity contribution in [1.29, 1.82) is 0 Å². The first-order valence-electron chi connectivity index (χ1n) is 7.39. The maximum Gasteiger partial charge on any atom is 0.471 e. The molecular weight excluding hydrogens is 339 g/mol. The fraction of sp³-hybridized carbons (Fsp3) is 0.400. The number of fused-ring (bicyclic) bond motifs is 1. The van der Waals surface area contributed by atoms with Crippen molar-refractivity contribution in [3.05, 3.63) is 22.1 Å². The molecular formula is C15H16F3N5O2. The summed E-state index contributed by atoms with van der Waals surface area (Å²) in [6.45, 7) is 3.36. The van der Waals surface area contributed by atoms with Gasteiger partial charge >= 0.3 is 12.1 Å². The van der Waals surface area contributed by atoms with Crippen LogP contribution >= 0.6 is 0 Å². The minimum absolute atomic E-state index is 0.0108. The molecule has 1 atom stereocenters. The van der Waals surface area contributed by atoms with Crippen LogP contribution in [-0.4, -0.2) is 33.2 Å². The molecule has 0 fully saturated rings. The Morgan fingerprint density at radius 3 is 2.80 bits per heavy atom. The minimum Gasteiger partial charge on any atom is -0.369 e. The van der Waals surface area contributed by atoms with E-state index in [0.717, 1.165) is 6.42 Å². The number of amides is 1. The smallest absolute Gasteiger partial charge is 0.369 e. The Hall–Kier alpha value is -2.96. The van der Waals surface area contributed by atoms with E-state index in [0.29, 0.717) is 11.2 Å². The van der Waals surface area contributed by atoms with Crippen molar-refractivity contribution in [3.8, 4) is 11.8 Å². The third-order valence-electron chi connectivity index (χ3n) is 3.58. The zero-order chi connectivity index (χ0) is 18.8. The predicted molar refractivity (Wildman–Crippen MR) is 85.7 cm³/mol. The second-order valence-electron chi connectivity index (χ2n) is 5.34. The molecule has 0 saturated carbocycles. The van der Waals surface area contributed by atoms with E-state index in [-0.39, 0.29) is 17.4 Å². The standard InChI is InChI=1S/C15H16F3N5O2/c1-3-8(2)23-7-9(5-4-6-20-13(25)15(16,17)18)10-11(23)21-14(19)22-12(10)24/h7-8H,3,6H2,1-2H3,(H,20,25)(H3,19,21,22,24). The SMILES string of the molecule is CCC(C)n1cc(C#CCNC(=O)C(F)(F)F)c2c(=O)[nH]c(N)nc21. The molecule has 0 aliphatic carbocycles. The number of aromatic nitrogens is 3. The molecule has 25 heavy (non-hydrogen) atoms. The number of alkyl halides is 3. The summed E-state index contributed by atoms with van der Waals surface area (Å²) in [6.07, 6.45) is -2.61. The minimum atomic E-state index is -4.97. The van der Waals surface area contributed by atoms with E-state index in [1.54, 1.807) is 16.1 Å². The van der Waals surface area contributed by atoms with Gasteiger partial charge in [-0.1, -0.05) is 18.8 Å². The second kappa shape index (κ2) is 6.88. The number of nitrogens with one attached hydrogen (secondary N) is 2. The topological polar surface area (TPSA) is 106 Å². The number of hydrogen-bond donors (Lipinski definition) is 3. The van der Waals surface area contributed by atoms with Crippen molar-refractivity contribution in [2.75, 3.05) is 12.3 Å². The summed E-state index contributed by atoms with van der Waals surface area (Å²) in [5.74, 6) is 2.88. The van der Waals surface area contributed by atoms with Gasteiger partial charge in [0.05, 0.1) is 17.5 Å². The van der Waals surface area contributed by atoms with Gasteiger partial charge in [-0.2, -0.15) is 18.2 Å². The molecule has 0 saturated heterocycles. The summed E-state index contributed by atoms with van der Waals surface area (Å²) in [7, 11) is 0. The fourth-order valence-electron chi connectivity index (χ4n) is 2.16. The normalized spacial score (nSPS) is 12.5. The molecule has 2 heterocycles. The van der Waals surface area contributed by atoms with Crippen molar-refractivity contribution in [3.63, 3.8) is 0 Å².